The van der Waals surface area contributed by atoms with E-state index in [0.29, 0.717) is 0 Å². The van der Waals surface area contributed by atoms with Gasteiger partial charge >= 0.3 is 11.9 Å². The highest BCUT2D eigenvalue weighted by atomic mass is 16.5. The summed E-state index contributed by atoms with van der Waals surface area (Å²) in [7, 11) is 0. The molecule has 1 rings (SSSR count). The molecule has 1 aromatic rings. The molecule has 4 atom stereocenters. The zero-order valence-electron chi connectivity index (χ0n) is 16.9. The topological polar surface area (TPSA) is 153 Å². The Bertz CT molecular complexity index is 692. The molecule has 9 heteroatoms. The van der Waals surface area contributed by atoms with Crippen LogP contribution < -0.4 is 10.1 Å². The van der Waals surface area contributed by atoms with Gasteiger partial charge in [-0.15, -0.1) is 0 Å². The maximum atomic E-state index is 12.3. The number of amides is 1. The molecule has 0 spiro atoms. The molecule has 29 heavy (non-hydrogen) atoms. The van der Waals surface area contributed by atoms with Gasteiger partial charge in [0.1, 0.15) is 36.4 Å². The van der Waals surface area contributed by atoms with Crippen molar-refractivity contribution in [2.75, 3.05) is 6.61 Å². The third-order valence-electron chi connectivity index (χ3n) is 4.44. The number of aldehydes is 1. The summed E-state index contributed by atoms with van der Waals surface area (Å²) in [6, 6.07) is 3.69. The summed E-state index contributed by atoms with van der Waals surface area (Å²) in [4.78, 5) is 35.7. The van der Waals surface area contributed by atoms with E-state index in [4.69, 9.17) is 9.84 Å². The van der Waals surface area contributed by atoms with Crippen LogP contribution in [0.4, 0.5) is 0 Å². The van der Waals surface area contributed by atoms with Gasteiger partial charge in [0, 0.05) is 0 Å². The molecule has 4 unspecified atom stereocenters. The van der Waals surface area contributed by atoms with E-state index in [1.807, 2.05) is 39.1 Å². The highest BCUT2D eigenvalue weighted by molar-refractivity contribution is 6.33. The number of nitrogens with one attached hydrogen (secondary N) is 1. The Morgan fingerprint density at radius 1 is 1.03 bits per heavy atom. The van der Waals surface area contributed by atoms with Crippen molar-refractivity contribution in [1.29, 1.82) is 0 Å². The number of carbonyl (C=O) groups is 3. The first-order valence-electron chi connectivity index (χ1n) is 9.30. The summed E-state index contributed by atoms with van der Waals surface area (Å²) < 4.78 is 5.31. The molecular weight excluding hydrogens is 382 g/mol. The van der Waals surface area contributed by atoms with E-state index in [1.165, 1.54) is 0 Å². The number of benzene rings is 1. The van der Waals surface area contributed by atoms with Crippen molar-refractivity contribution >= 4 is 18.2 Å². The van der Waals surface area contributed by atoms with Gasteiger partial charge in [0.05, 0.1) is 6.61 Å². The van der Waals surface area contributed by atoms with Crippen LogP contribution in [0.25, 0.3) is 0 Å². The molecule has 0 heterocycles. The van der Waals surface area contributed by atoms with E-state index < -0.39 is 42.8 Å². The van der Waals surface area contributed by atoms with Crippen molar-refractivity contribution in [3.63, 3.8) is 0 Å². The van der Waals surface area contributed by atoms with Crippen molar-refractivity contribution in [3.05, 3.63) is 29.3 Å². The Hall–Kier alpha value is -2.33. The number of hydrogen-bond donors (Lipinski definition) is 5. The Balaban J connectivity index is 3.00. The second-order valence-electron chi connectivity index (χ2n) is 7.33. The quantitative estimate of drug-likeness (QED) is 0.159. The minimum Gasteiger partial charge on any atom is -0.419 e. The highest BCUT2D eigenvalue weighted by Crippen LogP contribution is 2.34. The van der Waals surface area contributed by atoms with Crippen molar-refractivity contribution in [2.45, 2.75) is 63.9 Å². The lowest BCUT2D eigenvalue weighted by Gasteiger charge is -2.26. The van der Waals surface area contributed by atoms with Gasteiger partial charge in [-0.1, -0.05) is 45.9 Å². The van der Waals surface area contributed by atoms with Crippen molar-refractivity contribution in [3.8, 4) is 5.75 Å². The van der Waals surface area contributed by atoms with Crippen LogP contribution in [0.1, 0.15) is 50.7 Å². The molecule has 0 aliphatic carbocycles. The maximum absolute atomic E-state index is 12.3. The lowest BCUT2D eigenvalue weighted by molar-refractivity contribution is -0.150. The molecule has 0 bridgehead atoms. The van der Waals surface area contributed by atoms with Crippen LogP contribution >= 0.6 is 0 Å². The van der Waals surface area contributed by atoms with Crippen molar-refractivity contribution in [1.82, 2.24) is 5.32 Å². The fourth-order valence-corrected chi connectivity index (χ4v) is 2.70. The number of esters is 1. The first kappa shape index (κ1) is 24.7. The SMILES string of the molecule is CC(C)c1cccc(C(C)C)c1OC(=O)C(=O)NC(C=O)C(O)C(O)C(O)CO. The number of carbonyl (C=O) groups excluding carboxylic acids is 3. The summed E-state index contributed by atoms with van der Waals surface area (Å²) in [5.74, 6) is -2.31. The first-order valence-corrected chi connectivity index (χ1v) is 9.30. The van der Waals surface area contributed by atoms with Crippen LogP contribution in [-0.4, -0.2) is 69.5 Å². The van der Waals surface area contributed by atoms with Crippen LogP contribution in [0.3, 0.4) is 0 Å². The summed E-state index contributed by atoms with van der Waals surface area (Å²) in [6.45, 7) is 6.75. The van der Waals surface area contributed by atoms with Crippen LogP contribution in [0.5, 0.6) is 5.75 Å². The van der Waals surface area contributed by atoms with Gasteiger partial charge in [-0.2, -0.15) is 0 Å². The molecule has 5 N–H and O–H groups in total. The van der Waals surface area contributed by atoms with Gasteiger partial charge < -0.3 is 35.3 Å². The van der Waals surface area contributed by atoms with Gasteiger partial charge in [0.15, 0.2) is 0 Å². The number of aliphatic hydroxyl groups is 4. The summed E-state index contributed by atoms with van der Waals surface area (Å²) >= 11 is 0. The number of rotatable bonds is 9. The second-order valence-corrected chi connectivity index (χ2v) is 7.33. The summed E-state index contributed by atoms with van der Waals surface area (Å²) in [6.07, 6.45) is -5.49. The number of para-hydroxylation sites is 1. The third kappa shape index (κ3) is 6.33. The lowest BCUT2D eigenvalue weighted by atomic mass is 9.94. The molecule has 0 fully saturated rings. The average molecular weight is 411 g/mol. The molecule has 0 saturated carbocycles. The fourth-order valence-electron chi connectivity index (χ4n) is 2.70. The molecule has 0 radical (unpaired) electrons. The van der Waals surface area contributed by atoms with Crippen LogP contribution in [0.15, 0.2) is 18.2 Å². The first-order chi connectivity index (χ1) is 13.5. The molecule has 0 aromatic heterocycles. The number of ether oxygens (including phenoxy) is 1. The van der Waals surface area contributed by atoms with E-state index in [0.717, 1.165) is 11.1 Å². The van der Waals surface area contributed by atoms with Crippen LogP contribution in [0.2, 0.25) is 0 Å². The van der Waals surface area contributed by atoms with Gasteiger partial charge in [-0.25, -0.2) is 4.79 Å². The monoisotopic (exact) mass is 411 g/mol. The summed E-state index contributed by atoms with van der Waals surface area (Å²) in [5.41, 5.74) is 1.46. The number of hydrogen-bond acceptors (Lipinski definition) is 8. The molecule has 9 nitrogen and oxygen atoms in total. The molecule has 0 aliphatic heterocycles. The minimum absolute atomic E-state index is 0.0132. The lowest BCUT2D eigenvalue weighted by Crippen LogP contribution is -2.55. The Labute approximate surface area is 169 Å². The normalized spacial score (nSPS) is 15.5. The van der Waals surface area contributed by atoms with E-state index in [-0.39, 0.29) is 23.9 Å². The fraction of sp³-hybridized carbons (Fsp3) is 0.550. The van der Waals surface area contributed by atoms with E-state index in [9.17, 15) is 29.7 Å². The molecule has 0 saturated heterocycles. The zero-order valence-corrected chi connectivity index (χ0v) is 16.9. The van der Waals surface area contributed by atoms with E-state index >= 15 is 0 Å². The van der Waals surface area contributed by atoms with Crippen molar-refractivity contribution in [2.24, 2.45) is 0 Å². The van der Waals surface area contributed by atoms with Crippen molar-refractivity contribution < 1.29 is 39.5 Å². The predicted octanol–water partition coefficient (Wildman–Crippen LogP) is -0.403. The maximum Gasteiger partial charge on any atom is 0.402 e. The van der Waals surface area contributed by atoms with E-state index in [2.05, 4.69) is 0 Å². The Morgan fingerprint density at radius 2 is 1.55 bits per heavy atom. The standard InChI is InChI=1S/C20H29NO8/c1-10(2)12-6-5-7-13(11(3)4)18(12)29-20(28)19(27)21-14(8-22)16(25)17(26)15(24)9-23/h5-8,10-11,14-17,23-26H,9H2,1-4H3,(H,21,27). The number of aliphatic hydroxyl groups excluding tert-OH is 4. The Kier molecular flexibility index (Phi) is 9.38. The van der Waals surface area contributed by atoms with Crippen LogP contribution in [-0.2, 0) is 14.4 Å². The molecule has 1 aromatic carbocycles. The van der Waals surface area contributed by atoms with Gasteiger partial charge in [0.2, 0.25) is 0 Å². The van der Waals surface area contributed by atoms with E-state index in [1.54, 1.807) is 12.1 Å². The largest absolute Gasteiger partial charge is 0.419 e. The Morgan fingerprint density at radius 3 is 1.97 bits per heavy atom. The predicted molar refractivity (Wildman–Crippen MR) is 103 cm³/mol. The molecule has 1 amide bonds. The molecule has 162 valence electrons. The smallest absolute Gasteiger partial charge is 0.402 e. The van der Waals surface area contributed by atoms with Crippen LogP contribution in [0, 0.1) is 0 Å². The average Bonchev–Trinajstić information content (AvgIpc) is 2.69. The minimum atomic E-state index is -1.94. The zero-order chi connectivity index (χ0) is 22.3. The van der Waals surface area contributed by atoms with Gasteiger partial charge in [-0.3, -0.25) is 4.79 Å². The second kappa shape index (κ2) is 11.0. The molecular formula is C20H29NO8. The summed E-state index contributed by atoms with van der Waals surface area (Å²) in [5, 5.41) is 39.7. The van der Waals surface area contributed by atoms with Gasteiger partial charge in [-0.05, 0) is 23.0 Å². The third-order valence-corrected chi connectivity index (χ3v) is 4.44. The highest BCUT2D eigenvalue weighted by Gasteiger charge is 2.34. The molecule has 0 aliphatic rings. The van der Waals surface area contributed by atoms with Gasteiger partial charge in [0.25, 0.3) is 0 Å².